The largest absolute Gasteiger partial charge is 0.472 e. The van der Waals surface area contributed by atoms with Crippen molar-refractivity contribution in [2.24, 2.45) is 0 Å². The van der Waals surface area contributed by atoms with Gasteiger partial charge in [-0.2, -0.15) is 0 Å². The third kappa shape index (κ3) is 41.1. The Morgan fingerprint density at radius 1 is 0.567 bits per heavy atom. The standard InChI is InChI=1S/C48H75O11P/c1-3-5-7-8-9-10-11-12-13-14-15-16-17-18-23-26-29-32-35-39-48(53)59-46(43-58-60(54,55)57-41-45(51)40-49)42-56-47(52)38-34-31-28-25-22-20-19-21-24-27-30-33-37-44(50)36-6-4-2/h5-7,9-10,12-13,15-16,18-20,23-25,27-28,30,33,36,44-46,49-51H,3-4,8,11,14,17,21-22,26,29,31-32,34-35,37-43H2,1-2H3,(H,54,55)/b7-5-,10-9-,13-12-,16-15-,20-19-,23-18-,27-24-,28-25-,33-30+,36-6-/t44?,45-,46+/m0/s1. The molecule has 0 spiro atoms. The van der Waals surface area contributed by atoms with E-state index in [0.717, 1.165) is 70.6 Å². The van der Waals surface area contributed by atoms with Gasteiger partial charge in [-0.05, 0) is 89.9 Å². The molecule has 0 fully saturated rings. The third-order valence-electron chi connectivity index (χ3n) is 8.19. The van der Waals surface area contributed by atoms with Crippen LogP contribution >= 0.6 is 7.82 Å². The van der Waals surface area contributed by atoms with Crippen LogP contribution in [0.4, 0.5) is 0 Å². The van der Waals surface area contributed by atoms with E-state index in [1.165, 1.54) is 0 Å². The summed E-state index contributed by atoms with van der Waals surface area (Å²) in [5.74, 6) is -1.07. The molecule has 12 heteroatoms. The van der Waals surface area contributed by atoms with Crippen LogP contribution in [-0.2, 0) is 32.7 Å². The molecule has 0 aromatic rings. The quantitative estimate of drug-likeness (QED) is 0.0153. The number of phosphoric ester groups is 1. The molecule has 0 saturated carbocycles. The summed E-state index contributed by atoms with van der Waals surface area (Å²) in [7, 11) is -4.66. The second-order valence-electron chi connectivity index (χ2n) is 13.8. The summed E-state index contributed by atoms with van der Waals surface area (Å²) >= 11 is 0. The molecular formula is C48H75O11P. The lowest BCUT2D eigenvalue weighted by atomic mass is 10.1. The lowest BCUT2D eigenvalue weighted by Gasteiger charge is -2.20. The molecule has 0 saturated heterocycles. The summed E-state index contributed by atoms with van der Waals surface area (Å²) in [6.07, 6.45) is 50.8. The Balaban J connectivity index is 4.52. The molecule has 0 heterocycles. The van der Waals surface area contributed by atoms with Gasteiger partial charge in [0, 0.05) is 12.8 Å². The molecule has 4 N–H and O–H groups in total. The van der Waals surface area contributed by atoms with Crippen molar-refractivity contribution in [2.75, 3.05) is 26.4 Å². The van der Waals surface area contributed by atoms with E-state index in [4.69, 9.17) is 19.1 Å². The minimum Gasteiger partial charge on any atom is -0.462 e. The zero-order valence-electron chi connectivity index (χ0n) is 36.2. The first kappa shape index (κ1) is 56.3. The highest BCUT2D eigenvalue weighted by Gasteiger charge is 2.27. The molecule has 0 amide bonds. The number of ether oxygens (including phenoxy) is 2. The molecule has 11 nitrogen and oxygen atoms in total. The van der Waals surface area contributed by atoms with Crippen molar-refractivity contribution in [3.05, 3.63) is 122 Å². The van der Waals surface area contributed by atoms with E-state index in [-0.39, 0.29) is 19.4 Å². The normalized spacial score (nSPS) is 15.5. The zero-order valence-corrected chi connectivity index (χ0v) is 37.1. The smallest absolute Gasteiger partial charge is 0.462 e. The lowest BCUT2D eigenvalue weighted by molar-refractivity contribution is -0.161. The Kier molecular flexibility index (Phi) is 39.5. The Hall–Kier alpha value is -3.67. The Morgan fingerprint density at radius 2 is 1.07 bits per heavy atom. The van der Waals surface area contributed by atoms with Crippen LogP contribution in [0.2, 0.25) is 0 Å². The van der Waals surface area contributed by atoms with Gasteiger partial charge in [0.25, 0.3) is 0 Å². The van der Waals surface area contributed by atoms with Crippen LogP contribution in [0.3, 0.4) is 0 Å². The summed E-state index contributed by atoms with van der Waals surface area (Å²) in [6, 6.07) is 0. The van der Waals surface area contributed by atoms with Gasteiger partial charge in [-0.1, -0.05) is 142 Å². The van der Waals surface area contributed by atoms with Gasteiger partial charge in [0.05, 0.1) is 25.9 Å². The van der Waals surface area contributed by atoms with E-state index in [2.05, 4.69) is 84.4 Å². The highest BCUT2D eigenvalue weighted by molar-refractivity contribution is 7.47. The van der Waals surface area contributed by atoms with Crippen molar-refractivity contribution < 1.29 is 52.9 Å². The van der Waals surface area contributed by atoms with Crippen LogP contribution in [0, 0.1) is 0 Å². The predicted octanol–water partition coefficient (Wildman–Crippen LogP) is 10.5. The van der Waals surface area contributed by atoms with Crippen LogP contribution in [-0.4, -0.2) is 76.9 Å². The molecule has 4 atom stereocenters. The molecular weight excluding hydrogens is 783 g/mol. The maximum atomic E-state index is 12.6. The number of phosphoric acid groups is 1. The van der Waals surface area contributed by atoms with Crippen LogP contribution in [0.5, 0.6) is 0 Å². The number of unbranched alkanes of at least 4 members (excludes halogenated alkanes) is 4. The molecule has 0 radical (unpaired) electrons. The Morgan fingerprint density at radius 3 is 1.65 bits per heavy atom. The average molecular weight is 859 g/mol. The maximum Gasteiger partial charge on any atom is 0.472 e. The van der Waals surface area contributed by atoms with Crippen molar-refractivity contribution >= 4 is 19.8 Å². The fraction of sp³-hybridized carbons (Fsp3) is 0.542. The number of hydrogen-bond donors (Lipinski definition) is 4. The first-order chi connectivity index (χ1) is 29.1. The highest BCUT2D eigenvalue weighted by Crippen LogP contribution is 2.43. The highest BCUT2D eigenvalue weighted by atomic mass is 31.2. The number of carbonyl (C=O) groups is 2. The molecule has 0 aromatic heterocycles. The van der Waals surface area contributed by atoms with Crippen LogP contribution < -0.4 is 0 Å². The summed E-state index contributed by atoms with van der Waals surface area (Å²) in [6.45, 7) is 1.88. The van der Waals surface area contributed by atoms with Crippen molar-refractivity contribution in [3.63, 3.8) is 0 Å². The zero-order chi connectivity index (χ0) is 44.2. The summed E-state index contributed by atoms with van der Waals surface area (Å²) in [5, 5.41) is 28.1. The molecule has 0 aliphatic rings. The number of allylic oxidation sites excluding steroid dienone is 18. The summed E-state index contributed by atoms with van der Waals surface area (Å²) in [5.41, 5.74) is 0. The van der Waals surface area contributed by atoms with Crippen LogP contribution in [0.25, 0.3) is 0 Å². The second-order valence-corrected chi connectivity index (χ2v) is 15.3. The van der Waals surface area contributed by atoms with Gasteiger partial charge in [0.15, 0.2) is 6.10 Å². The molecule has 0 aliphatic carbocycles. The fourth-order valence-corrected chi connectivity index (χ4v) is 5.69. The van der Waals surface area contributed by atoms with Crippen molar-refractivity contribution in [1.82, 2.24) is 0 Å². The van der Waals surface area contributed by atoms with E-state index in [1.54, 1.807) is 6.08 Å². The van der Waals surface area contributed by atoms with Gasteiger partial charge in [-0.3, -0.25) is 18.6 Å². The van der Waals surface area contributed by atoms with Crippen LogP contribution in [0.1, 0.15) is 123 Å². The second kappa shape index (κ2) is 42.0. The maximum absolute atomic E-state index is 12.6. The lowest BCUT2D eigenvalue weighted by Crippen LogP contribution is -2.29. The predicted molar refractivity (Wildman–Crippen MR) is 243 cm³/mol. The number of rotatable bonds is 38. The summed E-state index contributed by atoms with van der Waals surface area (Å²) < 4.78 is 32.6. The number of hydrogen-bond acceptors (Lipinski definition) is 10. The van der Waals surface area contributed by atoms with Crippen molar-refractivity contribution in [1.29, 1.82) is 0 Å². The molecule has 2 unspecified atom stereocenters. The molecule has 0 aromatic carbocycles. The van der Waals surface area contributed by atoms with Gasteiger partial charge in [0.1, 0.15) is 12.7 Å². The molecule has 60 heavy (non-hydrogen) atoms. The molecule has 0 bridgehead atoms. The van der Waals surface area contributed by atoms with Gasteiger partial charge < -0.3 is 29.7 Å². The minimum atomic E-state index is -4.66. The first-order valence-electron chi connectivity index (χ1n) is 21.6. The number of aliphatic hydroxyl groups is 3. The molecule has 0 rings (SSSR count). The van der Waals surface area contributed by atoms with Gasteiger partial charge in [-0.25, -0.2) is 4.57 Å². The monoisotopic (exact) mass is 859 g/mol. The number of aliphatic hydroxyl groups excluding tert-OH is 3. The van der Waals surface area contributed by atoms with Crippen molar-refractivity contribution in [2.45, 2.75) is 141 Å². The molecule has 0 aliphatic heterocycles. The summed E-state index contributed by atoms with van der Waals surface area (Å²) in [4.78, 5) is 35.0. The van der Waals surface area contributed by atoms with Crippen LogP contribution in [0.15, 0.2) is 122 Å². The average Bonchev–Trinajstić information content (AvgIpc) is 3.23. The number of esters is 2. The van der Waals surface area contributed by atoms with E-state index in [1.807, 2.05) is 49.5 Å². The van der Waals surface area contributed by atoms with E-state index in [0.29, 0.717) is 25.7 Å². The fourth-order valence-electron chi connectivity index (χ4n) is 4.90. The van der Waals surface area contributed by atoms with E-state index >= 15 is 0 Å². The van der Waals surface area contributed by atoms with Gasteiger partial charge in [0.2, 0.25) is 0 Å². The Bertz CT molecular complexity index is 1420. The first-order valence-corrected chi connectivity index (χ1v) is 23.1. The third-order valence-corrected chi connectivity index (χ3v) is 9.14. The molecule has 338 valence electrons. The van der Waals surface area contributed by atoms with Gasteiger partial charge >= 0.3 is 19.8 Å². The minimum absolute atomic E-state index is 0.116. The SMILES string of the molecule is CC/C=C\C/C=C\C/C=C\C/C=C\C/C=C\CCCCCC(=O)O[C@H](COC(=O)CCC/C=C\C/C=C\C/C=C\C=C\CC(O)/C=C\CC)COP(=O)(O)OC[C@@H](O)CO. The number of carbonyl (C=O) groups excluding carboxylic acids is 2. The van der Waals surface area contributed by atoms with E-state index < -0.39 is 57.9 Å². The van der Waals surface area contributed by atoms with Gasteiger partial charge in [-0.15, -0.1) is 0 Å². The topological polar surface area (TPSA) is 169 Å². The van der Waals surface area contributed by atoms with Crippen molar-refractivity contribution in [3.8, 4) is 0 Å². The Labute approximate surface area is 360 Å². The van der Waals surface area contributed by atoms with E-state index in [9.17, 15) is 29.3 Å².